The second-order valence-electron chi connectivity index (χ2n) is 6.63. The molecule has 1 N–H and O–H groups in total. The van der Waals surface area contributed by atoms with Crippen LogP contribution in [-0.2, 0) is 13.1 Å². The molecule has 140 valence electrons. The fourth-order valence-corrected chi connectivity index (χ4v) is 3.74. The van der Waals surface area contributed by atoms with E-state index in [1.807, 2.05) is 19.1 Å². The van der Waals surface area contributed by atoms with Gasteiger partial charge in [0.2, 0.25) is 0 Å². The second-order valence-corrected chi connectivity index (χ2v) is 7.04. The van der Waals surface area contributed by atoms with Gasteiger partial charge in [-0.3, -0.25) is 4.90 Å². The predicted octanol–water partition coefficient (Wildman–Crippen LogP) is 4.11. The first kappa shape index (κ1) is 19.0. The van der Waals surface area contributed by atoms with Gasteiger partial charge in [-0.25, -0.2) is 0 Å². The van der Waals surface area contributed by atoms with Gasteiger partial charge < -0.3 is 14.8 Å². The van der Waals surface area contributed by atoms with Gasteiger partial charge in [0, 0.05) is 32.2 Å². The van der Waals surface area contributed by atoms with E-state index < -0.39 is 0 Å². The number of hydrogen-bond acceptors (Lipinski definition) is 4. The molecular formula is C21H27ClN2O2. The lowest BCUT2D eigenvalue weighted by atomic mass is 10.1. The van der Waals surface area contributed by atoms with E-state index in [0.717, 1.165) is 38.2 Å². The molecule has 4 nitrogen and oxygen atoms in total. The van der Waals surface area contributed by atoms with Gasteiger partial charge in [-0.05, 0) is 36.6 Å². The summed E-state index contributed by atoms with van der Waals surface area (Å²) in [4.78, 5) is 2.50. The van der Waals surface area contributed by atoms with E-state index in [9.17, 15) is 0 Å². The average Bonchev–Trinajstić information content (AvgIpc) is 3.08. The minimum Gasteiger partial charge on any atom is -0.491 e. The SMILES string of the molecule is CCOc1cc(CNC2CCN(Cc3ccccc3)C2)cc(Cl)c1OC. The van der Waals surface area contributed by atoms with Gasteiger partial charge in [0.05, 0.1) is 18.7 Å². The number of likely N-dealkylation sites (tertiary alicyclic amines) is 1. The normalized spacial score (nSPS) is 17.4. The Kier molecular flexibility index (Phi) is 6.78. The highest BCUT2D eigenvalue weighted by atomic mass is 35.5. The molecule has 0 aromatic heterocycles. The zero-order valence-electron chi connectivity index (χ0n) is 15.5. The number of methoxy groups -OCH3 is 1. The fourth-order valence-electron chi connectivity index (χ4n) is 3.43. The van der Waals surface area contributed by atoms with Crippen molar-refractivity contribution < 1.29 is 9.47 Å². The molecular weight excluding hydrogens is 348 g/mol. The minimum atomic E-state index is 0.495. The number of nitrogens with one attached hydrogen (secondary N) is 1. The van der Waals surface area contributed by atoms with E-state index in [1.54, 1.807) is 7.11 Å². The molecule has 1 fully saturated rings. The van der Waals surface area contributed by atoms with Crippen LogP contribution in [0.15, 0.2) is 42.5 Å². The van der Waals surface area contributed by atoms with Gasteiger partial charge in [-0.2, -0.15) is 0 Å². The molecule has 0 radical (unpaired) electrons. The highest BCUT2D eigenvalue weighted by molar-refractivity contribution is 6.32. The Bertz CT molecular complexity index is 709. The molecule has 3 rings (SSSR count). The molecule has 0 aliphatic carbocycles. The van der Waals surface area contributed by atoms with E-state index in [1.165, 1.54) is 5.56 Å². The van der Waals surface area contributed by atoms with E-state index in [-0.39, 0.29) is 0 Å². The van der Waals surface area contributed by atoms with Crippen molar-refractivity contribution in [2.45, 2.75) is 32.5 Å². The first-order valence-electron chi connectivity index (χ1n) is 9.18. The molecule has 26 heavy (non-hydrogen) atoms. The second kappa shape index (κ2) is 9.26. The minimum absolute atomic E-state index is 0.495. The van der Waals surface area contributed by atoms with Gasteiger partial charge >= 0.3 is 0 Å². The summed E-state index contributed by atoms with van der Waals surface area (Å²) in [6.45, 7) is 6.52. The third kappa shape index (κ3) is 4.91. The largest absolute Gasteiger partial charge is 0.491 e. The van der Waals surface area contributed by atoms with Crippen LogP contribution in [0.4, 0.5) is 0 Å². The summed E-state index contributed by atoms with van der Waals surface area (Å²) in [5.74, 6) is 1.31. The van der Waals surface area contributed by atoms with Crippen molar-refractivity contribution in [3.8, 4) is 11.5 Å². The molecule has 1 atom stereocenters. The Balaban J connectivity index is 1.54. The topological polar surface area (TPSA) is 33.7 Å². The molecule has 2 aromatic carbocycles. The molecule has 1 saturated heterocycles. The fraction of sp³-hybridized carbons (Fsp3) is 0.429. The van der Waals surface area contributed by atoms with E-state index >= 15 is 0 Å². The van der Waals surface area contributed by atoms with Crippen LogP contribution in [0.3, 0.4) is 0 Å². The maximum atomic E-state index is 6.34. The third-order valence-corrected chi connectivity index (χ3v) is 4.97. The van der Waals surface area contributed by atoms with Gasteiger partial charge in [0.15, 0.2) is 11.5 Å². The van der Waals surface area contributed by atoms with Gasteiger partial charge in [-0.1, -0.05) is 41.9 Å². The Hall–Kier alpha value is -1.75. The number of halogens is 1. The van der Waals surface area contributed by atoms with Crippen LogP contribution in [-0.4, -0.2) is 37.7 Å². The lowest BCUT2D eigenvalue weighted by Crippen LogP contribution is -2.32. The molecule has 0 bridgehead atoms. The van der Waals surface area contributed by atoms with Gasteiger partial charge in [-0.15, -0.1) is 0 Å². The number of ether oxygens (including phenoxy) is 2. The molecule has 1 aliphatic heterocycles. The van der Waals surface area contributed by atoms with Gasteiger partial charge in [0.25, 0.3) is 0 Å². The third-order valence-electron chi connectivity index (χ3n) is 4.69. The van der Waals surface area contributed by atoms with E-state index in [4.69, 9.17) is 21.1 Å². The Labute approximate surface area is 161 Å². The molecule has 1 aliphatic rings. The molecule has 1 heterocycles. The summed E-state index contributed by atoms with van der Waals surface area (Å²) >= 11 is 6.34. The number of benzene rings is 2. The highest BCUT2D eigenvalue weighted by Crippen LogP contribution is 2.36. The van der Waals surface area contributed by atoms with Crippen LogP contribution in [0.2, 0.25) is 5.02 Å². The quantitative estimate of drug-likeness (QED) is 0.753. The van der Waals surface area contributed by atoms with Crippen molar-refractivity contribution >= 4 is 11.6 Å². The Morgan fingerprint density at radius 1 is 1.19 bits per heavy atom. The monoisotopic (exact) mass is 374 g/mol. The first-order valence-corrected chi connectivity index (χ1v) is 9.56. The predicted molar refractivity (Wildman–Crippen MR) is 106 cm³/mol. The van der Waals surface area contributed by atoms with E-state index in [0.29, 0.717) is 29.2 Å². The zero-order chi connectivity index (χ0) is 18.4. The molecule has 0 spiro atoms. The molecule has 1 unspecified atom stereocenters. The molecule has 5 heteroatoms. The lowest BCUT2D eigenvalue weighted by molar-refractivity contribution is 0.310. The van der Waals surface area contributed by atoms with E-state index in [2.05, 4.69) is 40.5 Å². The van der Waals surface area contributed by atoms with Gasteiger partial charge in [0.1, 0.15) is 0 Å². The van der Waals surface area contributed by atoms with Crippen molar-refractivity contribution in [3.05, 3.63) is 58.6 Å². The lowest BCUT2D eigenvalue weighted by Gasteiger charge is -2.18. The smallest absolute Gasteiger partial charge is 0.179 e. The van der Waals surface area contributed by atoms with Crippen molar-refractivity contribution in [2.24, 2.45) is 0 Å². The summed E-state index contributed by atoms with van der Waals surface area (Å²) < 4.78 is 11.0. The number of nitrogens with zero attached hydrogens (tertiary/aromatic N) is 1. The van der Waals surface area contributed by atoms with Crippen molar-refractivity contribution in [3.63, 3.8) is 0 Å². The maximum Gasteiger partial charge on any atom is 0.179 e. The standard InChI is InChI=1S/C21H27ClN2O2/c1-3-26-20-12-17(11-19(22)21(20)25-2)13-23-18-9-10-24(15-18)14-16-7-5-4-6-8-16/h4-8,11-12,18,23H,3,9-10,13-15H2,1-2H3. The summed E-state index contributed by atoms with van der Waals surface area (Å²) in [6.07, 6.45) is 1.16. The zero-order valence-corrected chi connectivity index (χ0v) is 16.3. The van der Waals surface area contributed by atoms with Crippen LogP contribution in [0.1, 0.15) is 24.5 Å². The Morgan fingerprint density at radius 3 is 2.73 bits per heavy atom. The molecule has 0 saturated carbocycles. The highest BCUT2D eigenvalue weighted by Gasteiger charge is 2.22. The van der Waals surface area contributed by atoms with Crippen LogP contribution in [0, 0.1) is 0 Å². The van der Waals surface area contributed by atoms with Crippen molar-refractivity contribution in [1.29, 1.82) is 0 Å². The maximum absolute atomic E-state index is 6.34. The van der Waals surface area contributed by atoms with Crippen LogP contribution in [0.5, 0.6) is 11.5 Å². The summed E-state index contributed by atoms with van der Waals surface area (Å²) in [6, 6.07) is 15.1. The summed E-state index contributed by atoms with van der Waals surface area (Å²) in [5.41, 5.74) is 2.48. The summed E-state index contributed by atoms with van der Waals surface area (Å²) in [7, 11) is 1.61. The number of rotatable bonds is 8. The summed E-state index contributed by atoms with van der Waals surface area (Å²) in [5, 5.41) is 4.24. The molecule has 2 aromatic rings. The average molecular weight is 375 g/mol. The van der Waals surface area contributed by atoms with Crippen LogP contribution < -0.4 is 14.8 Å². The number of hydrogen-bond donors (Lipinski definition) is 1. The first-order chi connectivity index (χ1) is 12.7. The Morgan fingerprint density at radius 2 is 2.00 bits per heavy atom. The van der Waals surface area contributed by atoms with Crippen LogP contribution >= 0.6 is 11.6 Å². The molecule has 0 amide bonds. The van der Waals surface area contributed by atoms with Crippen LogP contribution in [0.25, 0.3) is 0 Å². The van der Waals surface area contributed by atoms with Crippen molar-refractivity contribution in [2.75, 3.05) is 26.8 Å². The van der Waals surface area contributed by atoms with Crippen molar-refractivity contribution in [1.82, 2.24) is 10.2 Å².